The van der Waals surface area contributed by atoms with Gasteiger partial charge in [-0.2, -0.15) is 13.2 Å². The first-order valence-electron chi connectivity index (χ1n) is 8.86. The molecule has 4 rings (SSSR count). The lowest BCUT2D eigenvalue weighted by molar-refractivity contribution is -0.153. The molecule has 2 aromatic carbocycles. The third-order valence-corrected chi connectivity index (χ3v) is 4.46. The van der Waals surface area contributed by atoms with Crippen molar-refractivity contribution in [2.45, 2.75) is 6.18 Å². The Morgan fingerprint density at radius 3 is 2.50 bits per heavy atom. The molecule has 0 unspecified atom stereocenters. The van der Waals surface area contributed by atoms with Gasteiger partial charge in [0.2, 0.25) is 0 Å². The van der Waals surface area contributed by atoms with Crippen molar-refractivity contribution >= 4 is 17.1 Å². The van der Waals surface area contributed by atoms with E-state index in [1.54, 1.807) is 6.07 Å². The number of nitrogens with zero attached hydrogens (tertiary/aromatic N) is 2. The highest BCUT2D eigenvalue weighted by Gasteiger charge is 2.28. The summed E-state index contributed by atoms with van der Waals surface area (Å²) in [5, 5.41) is 3.39. The molecule has 0 atom stereocenters. The summed E-state index contributed by atoms with van der Waals surface area (Å²) >= 11 is 0. The average Bonchev–Trinajstić information content (AvgIpc) is 2.72. The molecule has 4 nitrogen and oxygen atoms in total. The Kier molecular flexibility index (Phi) is 4.81. The minimum Gasteiger partial charge on any atom is -0.483 e. The molecule has 0 aliphatic carbocycles. The van der Waals surface area contributed by atoms with Crippen LogP contribution in [0.1, 0.15) is 0 Å². The smallest absolute Gasteiger partial charge is 0.422 e. The van der Waals surface area contributed by atoms with Crippen LogP contribution in [0.2, 0.25) is 0 Å². The number of hydrogen-bond donors (Lipinski definition) is 1. The molecule has 0 saturated heterocycles. The van der Waals surface area contributed by atoms with Gasteiger partial charge in [-0.1, -0.05) is 24.3 Å². The standard InChI is InChI=1S/C21H18F3N3O/c22-21(23,24)14-28-17-9-10-18(26-13-17)15-5-7-16(8-6-15)27-12-11-25-19-3-1-2-4-20(19)27/h1-10,13,25H,11-12,14H2. The quantitative estimate of drug-likeness (QED) is 0.665. The van der Waals surface area contributed by atoms with E-state index in [0.29, 0.717) is 5.69 Å². The highest BCUT2D eigenvalue weighted by molar-refractivity contribution is 5.79. The van der Waals surface area contributed by atoms with Gasteiger partial charge in [-0.15, -0.1) is 0 Å². The fourth-order valence-corrected chi connectivity index (χ4v) is 3.16. The molecule has 1 N–H and O–H groups in total. The monoisotopic (exact) mass is 385 g/mol. The number of nitrogens with one attached hydrogen (secondary N) is 1. The van der Waals surface area contributed by atoms with E-state index in [1.807, 2.05) is 36.4 Å². The van der Waals surface area contributed by atoms with Gasteiger partial charge in [0.05, 0.1) is 23.3 Å². The van der Waals surface area contributed by atoms with Crippen LogP contribution < -0.4 is 15.0 Å². The summed E-state index contributed by atoms with van der Waals surface area (Å²) < 4.78 is 41.3. The Morgan fingerprint density at radius 2 is 1.79 bits per heavy atom. The second-order valence-corrected chi connectivity index (χ2v) is 6.43. The van der Waals surface area contributed by atoms with E-state index >= 15 is 0 Å². The maximum atomic E-state index is 12.2. The molecule has 0 radical (unpaired) electrons. The Balaban J connectivity index is 1.50. The average molecular weight is 385 g/mol. The molecule has 2 heterocycles. The van der Waals surface area contributed by atoms with Crippen molar-refractivity contribution in [2.75, 3.05) is 29.9 Å². The summed E-state index contributed by atoms with van der Waals surface area (Å²) in [6, 6.07) is 19.3. The van der Waals surface area contributed by atoms with E-state index < -0.39 is 12.8 Å². The van der Waals surface area contributed by atoms with Crippen LogP contribution >= 0.6 is 0 Å². The van der Waals surface area contributed by atoms with Crippen molar-refractivity contribution in [3.8, 4) is 17.0 Å². The van der Waals surface area contributed by atoms with Gasteiger partial charge in [-0.25, -0.2) is 0 Å². The van der Waals surface area contributed by atoms with Crippen LogP contribution in [0.25, 0.3) is 11.3 Å². The number of rotatable bonds is 4. The summed E-state index contributed by atoms with van der Waals surface area (Å²) in [6.45, 7) is 0.397. The molecule has 7 heteroatoms. The van der Waals surface area contributed by atoms with Gasteiger partial charge >= 0.3 is 6.18 Å². The highest BCUT2D eigenvalue weighted by atomic mass is 19.4. The number of para-hydroxylation sites is 2. The van der Waals surface area contributed by atoms with Crippen molar-refractivity contribution < 1.29 is 17.9 Å². The molecule has 28 heavy (non-hydrogen) atoms. The number of halogens is 3. The van der Waals surface area contributed by atoms with E-state index in [0.717, 1.165) is 35.7 Å². The predicted molar refractivity (Wildman–Crippen MR) is 103 cm³/mol. The van der Waals surface area contributed by atoms with Crippen molar-refractivity contribution in [3.63, 3.8) is 0 Å². The van der Waals surface area contributed by atoms with E-state index in [1.165, 1.54) is 12.3 Å². The zero-order valence-corrected chi connectivity index (χ0v) is 14.9. The lowest BCUT2D eigenvalue weighted by atomic mass is 10.1. The van der Waals surface area contributed by atoms with Gasteiger partial charge in [-0.3, -0.25) is 4.98 Å². The molecule has 0 bridgehead atoms. The largest absolute Gasteiger partial charge is 0.483 e. The van der Waals surface area contributed by atoms with Gasteiger partial charge in [-0.05, 0) is 36.4 Å². The normalized spacial score (nSPS) is 13.6. The molecule has 3 aromatic rings. The summed E-state index contributed by atoms with van der Waals surface area (Å²) in [7, 11) is 0. The van der Waals surface area contributed by atoms with Crippen LogP contribution in [0.4, 0.5) is 30.2 Å². The maximum Gasteiger partial charge on any atom is 0.422 e. The molecule has 0 spiro atoms. The molecule has 0 saturated carbocycles. The van der Waals surface area contributed by atoms with E-state index in [4.69, 9.17) is 4.74 Å². The first kappa shape index (κ1) is 18.2. The molecule has 1 aromatic heterocycles. The SMILES string of the molecule is FC(F)(F)COc1ccc(-c2ccc(N3CCNc4ccccc43)cc2)nc1. The topological polar surface area (TPSA) is 37.4 Å². The van der Waals surface area contributed by atoms with E-state index in [2.05, 4.69) is 27.3 Å². The Labute approximate surface area is 160 Å². The Morgan fingerprint density at radius 1 is 1.00 bits per heavy atom. The predicted octanol–water partition coefficient (Wildman–Crippen LogP) is 5.25. The van der Waals surface area contributed by atoms with E-state index in [-0.39, 0.29) is 5.75 Å². The number of hydrogen-bond acceptors (Lipinski definition) is 4. The second kappa shape index (κ2) is 7.42. The number of benzene rings is 2. The van der Waals surface area contributed by atoms with Crippen LogP contribution in [0.3, 0.4) is 0 Å². The molecule has 1 aliphatic heterocycles. The van der Waals surface area contributed by atoms with Crippen molar-refractivity contribution in [1.29, 1.82) is 0 Å². The summed E-state index contributed by atoms with van der Waals surface area (Å²) in [6.07, 6.45) is -3.06. The number of aromatic nitrogens is 1. The van der Waals surface area contributed by atoms with Gasteiger partial charge in [0.25, 0.3) is 0 Å². The number of anilines is 3. The third kappa shape index (κ3) is 4.03. The fraction of sp³-hybridized carbons (Fsp3) is 0.190. The first-order chi connectivity index (χ1) is 13.5. The fourth-order valence-electron chi connectivity index (χ4n) is 3.16. The second-order valence-electron chi connectivity index (χ2n) is 6.43. The van der Waals surface area contributed by atoms with E-state index in [9.17, 15) is 13.2 Å². The number of pyridine rings is 1. The summed E-state index contributed by atoms with van der Waals surface area (Å²) in [4.78, 5) is 6.46. The summed E-state index contributed by atoms with van der Waals surface area (Å²) in [5.41, 5.74) is 4.86. The summed E-state index contributed by atoms with van der Waals surface area (Å²) in [5.74, 6) is 0.0927. The lowest BCUT2D eigenvalue weighted by Gasteiger charge is -2.32. The van der Waals surface area contributed by atoms with Gasteiger partial charge in [0, 0.05) is 24.3 Å². The van der Waals surface area contributed by atoms with Crippen molar-refractivity contribution in [3.05, 3.63) is 66.9 Å². The van der Waals surface area contributed by atoms with Crippen molar-refractivity contribution in [1.82, 2.24) is 4.98 Å². The van der Waals surface area contributed by atoms with Crippen LogP contribution in [0.15, 0.2) is 66.9 Å². The molecular weight excluding hydrogens is 367 g/mol. The Bertz CT molecular complexity index is 940. The maximum absolute atomic E-state index is 12.2. The molecule has 0 fully saturated rings. The van der Waals surface area contributed by atoms with Crippen LogP contribution in [-0.2, 0) is 0 Å². The lowest BCUT2D eigenvalue weighted by Crippen LogP contribution is -2.29. The minimum absolute atomic E-state index is 0.0927. The minimum atomic E-state index is -4.36. The number of ether oxygens (including phenoxy) is 1. The number of fused-ring (bicyclic) bond motifs is 1. The molecule has 0 amide bonds. The van der Waals surface area contributed by atoms with Gasteiger partial charge in [0.15, 0.2) is 6.61 Å². The zero-order valence-electron chi connectivity index (χ0n) is 14.9. The van der Waals surface area contributed by atoms with Gasteiger partial charge < -0.3 is 15.0 Å². The van der Waals surface area contributed by atoms with Crippen LogP contribution in [0, 0.1) is 0 Å². The highest BCUT2D eigenvalue weighted by Crippen LogP contribution is 2.35. The zero-order chi connectivity index (χ0) is 19.6. The number of alkyl halides is 3. The molecule has 144 valence electrons. The third-order valence-electron chi connectivity index (χ3n) is 4.46. The Hall–Kier alpha value is -3.22. The van der Waals surface area contributed by atoms with Crippen LogP contribution in [0.5, 0.6) is 5.75 Å². The molecular formula is C21H18F3N3O. The van der Waals surface area contributed by atoms with Crippen molar-refractivity contribution in [2.24, 2.45) is 0 Å². The molecule has 1 aliphatic rings. The first-order valence-corrected chi connectivity index (χ1v) is 8.86. The van der Waals surface area contributed by atoms with Crippen LogP contribution in [-0.4, -0.2) is 30.9 Å². The van der Waals surface area contributed by atoms with Gasteiger partial charge in [0.1, 0.15) is 5.75 Å².